The van der Waals surface area contributed by atoms with Gasteiger partial charge in [-0.15, -0.1) is 0 Å². The molecule has 1 aliphatic rings. The van der Waals surface area contributed by atoms with Crippen LogP contribution in [-0.2, 0) is 10.0 Å². The predicted molar refractivity (Wildman–Crippen MR) is 70.1 cm³/mol. The van der Waals surface area contributed by atoms with Crippen LogP contribution in [0.1, 0.15) is 12.8 Å². The first kappa shape index (κ1) is 13.7. The number of rotatable bonds is 6. The van der Waals surface area contributed by atoms with E-state index in [0.717, 1.165) is 0 Å². The zero-order valence-electron chi connectivity index (χ0n) is 10.1. The van der Waals surface area contributed by atoms with Crippen LogP contribution in [0.4, 0.5) is 0 Å². The standard InChI is InChI=1S/C11H16ClN3O2S/c1-15(9-4-5-9)8-7-14-18(16,17)10-3-2-6-13-11(10)12/h2-3,6,9,14H,4-5,7-8H2,1H3. The van der Waals surface area contributed by atoms with E-state index in [0.29, 0.717) is 19.1 Å². The Morgan fingerprint density at radius 1 is 1.56 bits per heavy atom. The molecule has 0 atom stereocenters. The molecule has 0 spiro atoms. The first-order valence-electron chi connectivity index (χ1n) is 5.81. The molecule has 100 valence electrons. The zero-order chi connectivity index (χ0) is 13.2. The molecule has 0 radical (unpaired) electrons. The molecule has 1 aliphatic carbocycles. The third-order valence-electron chi connectivity index (χ3n) is 2.94. The van der Waals surface area contributed by atoms with Crippen molar-refractivity contribution >= 4 is 21.6 Å². The molecule has 18 heavy (non-hydrogen) atoms. The molecule has 0 aliphatic heterocycles. The lowest BCUT2D eigenvalue weighted by Gasteiger charge is -2.15. The van der Waals surface area contributed by atoms with E-state index in [4.69, 9.17) is 11.6 Å². The summed E-state index contributed by atoms with van der Waals surface area (Å²) in [5.74, 6) is 0. The molecule has 1 saturated carbocycles. The Morgan fingerprint density at radius 2 is 2.28 bits per heavy atom. The van der Waals surface area contributed by atoms with E-state index in [9.17, 15) is 8.42 Å². The minimum Gasteiger partial charge on any atom is -0.302 e. The Kier molecular flexibility index (Phi) is 4.21. The van der Waals surface area contributed by atoms with E-state index in [1.807, 2.05) is 7.05 Å². The van der Waals surface area contributed by atoms with Gasteiger partial charge in [-0.2, -0.15) is 0 Å². The molecule has 1 aromatic rings. The van der Waals surface area contributed by atoms with Crippen LogP contribution in [0.2, 0.25) is 5.15 Å². The Morgan fingerprint density at radius 3 is 2.89 bits per heavy atom. The van der Waals surface area contributed by atoms with Crippen molar-refractivity contribution in [1.29, 1.82) is 0 Å². The van der Waals surface area contributed by atoms with Crippen molar-refractivity contribution < 1.29 is 8.42 Å². The number of likely N-dealkylation sites (N-methyl/N-ethyl adjacent to an activating group) is 1. The third kappa shape index (κ3) is 3.41. The van der Waals surface area contributed by atoms with Gasteiger partial charge in [-0.25, -0.2) is 18.1 Å². The van der Waals surface area contributed by atoms with Crippen LogP contribution in [0.3, 0.4) is 0 Å². The monoisotopic (exact) mass is 289 g/mol. The zero-order valence-corrected chi connectivity index (χ0v) is 11.7. The molecular formula is C11H16ClN3O2S. The molecule has 0 saturated heterocycles. The van der Waals surface area contributed by atoms with Crippen molar-refractivity contribution in [3.8, 4) is 0 Å². The number of hydrogen-bond acceptors (Lipinski definition) is 4. The van der Waals surface area contributed by atoms with E-state index in [1.165, 1.54) is 25.1 Å². The highest BCUT2D eigenvalue weighted by atomic mass is 35.5. The average Bonchev–Trinajstić information content (AvgIpc) is 3.12. The number of aromatic nitrogens is 1. The number of hydrogen-bond donors (Lipinski definition) is 1. The minimum absolute atomic E-state index is 0.000507. The van der Waals surface area contributed by atoms with Crippen molar-refractivity contribution in [2.45, 2.75) is 23.8 Å². The highest BCUT2D eigenvalue weighted by Gasteiger charge is 2.26. The first-order valence-corrected chi connectivity index (χ1v) is 7.67. The van der Waals surface area contributed by atoms with Gasteiger partial charge in [-0.05, 0) is 32.0 Å². The Balaban J connectivity index is 1.93. The maximum Gasteiger partial charge on any atom is 0.243 e. The number of nitrogens with one attached hydrogen (secondary N) is 1. The second-order valence-corrected chi connectivity index (χ2v) is 6.50. The molecule has 0 aromatic carbocycles. The van der Waals surface area contributed by atoms with Gasteiger partial charge in [0.05, 0.1) is 0 Å². The van der Waals surface area contributed by atoms with Crippen LogP contribution < -0.4 is 4.72 Å². The van der Waals surface area contributed by atoms with Gasteiger partial charge >= 0.3 is 0 Å². The summed E-state index contributed by atoms with van der Waals surface area (Å²) in [4.78, 5) is 5.95. The highest BCUT2D eigenvalue weighted by molar-refractivity contribution is 7.89. The second-order valence-electron chi connectivity index (χ2n) is 4.40. The first-order chi connectivity index (χ1) is 8.50. The largest absolute Gasteiger partial charge is 0.302 e. The van der Waals surface area contributed by atoms with Crippen molar-refractivity contribution in [3.05, 3.63) is 23.5 Å². The van der Waals surface area contributed by atoms with Crippen LogP contribution >= 0.6 is 11.6 Å². The van der Waals surface area contributed by atoms with Gasteiger partial charge in [-0.3, -0.25) is 0 Å². The molecule has 0 bridgehead atoms. The normalized spacial score (nSPS) is 16.2. The molecule has 1 N–H and O–H groups in total. The number of nitrogens with zero attached hydrogens (tertiary/aromatic N) is 2. The van der Waals surface area contributed by atoms with Crippen molar-refractivity contribution in [3.63, 3.8) is 0 Å². The molecular weight excluding hydrogens is 274 g/mol. The summed E-state index contributed by atoms with van der Waals surface area (Å²) in [7, 11) is -1.56. The van der Waals surface area contributed by atoms with E-state index in [1.54, 1.807) is 6.07 Å². The molecule has 0 amide bonds. The van der Waals surface area contributed by atoms with Gasteiger partial charge in [0.1, 0.15) is 10.0 Å². The van der Waals surface area contributed by atoms with E-state index in [2.05, 4.69) is 14.6 Å². The van der Waals surface area contributed by atoms with Gasteiger partial charge in [0, 0.05) is 25.3 Å². The quantitative estimate of drug-likeness (QED) is 0.797. The molecule has 0 unspecified atom stereocenters. The maximum atomic E-state index is 12.0. The fraction of sp³-hybridized carbons (Fsp3) is 0.545. The molecule has 1 fully saturated rings. The summed E-state index contributed by atoms with van der Waals surface area (Å²) in [6.45, 7) is 1.07. The van der Waals surface area contributed by atoms with Crippen LogP contribution in [0.15, 0.2) is 23.2 Å². The van der Waals surface area contributed by atoms with Crippen molar-refractivity contribution in [1.82, 2.24) is 14.6 Å². The number of pyridine rings is 1. The van der Waals surface area contributed by atoms with Crippen LogP contribution in [-0.4, -0.2) is 44.5 Å². The summed E-state index contributed by atoms with van der Waals surface area (Å²) >= 11 is 5.77. The van der Waals surface area contributed by atoms with Gasteiger partial charge in [0.15, 0.2) is 0 Å². The predicted octanol–water partition coefficient (Wildman–Crippen LogP) is 1.11. The summed E-state index contributed by atoms with van der Waals surface area (Å²) in [5, 5.41) is 0.000507. The minimum atomic E-state index is -3.56. The summed E-state index contributed by atoms with van der Waals surface area (Å²) in [6, 6.07) is 3.62. The summed E-state index contributed by atoms with van der Waals surface area (Å²) < 4.78 is 26.5. The number of sulfonamides is 1. The second kappa shape index (κ2) is 5.52. The Hall–Kier alpha value is -0.690. The molecule has 2 rings (SSSR count). The van der Waals surface area contributed by atoms with Gasteiger partial charge in [-0.1, -0.05) is 11.6 Å². The fourth-order valence-corrected chi connectivity index (χ4v) is 3.18. The highest BCUT2D eigenvalue weighted by Crippen LogP contribution is 2.24. The summed E-state index contributed by atoms with van der Waals surface area (Å²) in [5.41, 5.74) is 0. The lowest BCUT2D eigenvalue weighted by Crippen LogP contribution is -2.34. The third-order valence-corrected chi connectivity index (χ3v) is 4.85. The van der Waals surface area contributed by atoms with E-state index >= 15 is 0 Å². The molecule has 7 heteroatoms. The molecule has 1 heterocycles. The lowest BCUT2D eigenvalue weighted by molar-refractivity contribution is 0.329. The topological polar surface area (TPSA) is 62.3 Å². The number of halogens is 1. The van der Waals surface area contributed by atoms with Crippen LogP contribution in [0, 0.1) is 0 Å². The van der Waals surface area contributed by atoms with Gasteiger partial charge in [0.25, 0.3) is 0 Å². The fourth-order valence-electron chi connectivity index (χ4n) is 1.70. The van der Waals surface area contributed by atoms with Crippen LogP contribution in [0.5, 0.6) is 0 Å². The SMILES string of the molecule is CN(CCNS(=O)(=O)c1cccnc1Cl)C1CC1. The van der Waals surface area contributed by atoms with Gasteiger partial charge < -0.3 is 4.90 Å². The Labute approximate surface area is 112 Å². The van der Waals surface area contributed by atoms with Gasteiger partial charge in [0.2, 0.25) is 10.0 Å². The molecule has 5 nitrogen and oxygen atoms in total. The average molecular weight is 290 g/mol. The van der Waals surface area contributed by atoms with Crippen LogP contribution in [0.25, 0.3) is 0 Å². The summed E-state index contributed by atoms with van der Waals surface area (Å²) in [6.07, 6.45) is 3.87. The lowest BCUT2D eigenvalue weighted by atomic mass is 10.5. The molecule has 1 aromatic heterocycles. The maximum absolute atomic E-state index is 12.0. The van der Waals surface area contributed by atoms with E-state index < -0.39 is 10.0 Å². The van der Waals surface area contributed by atoms with Crippen molar-refractivity contribution in [2.75, 3.05) is 20.1 Å². The van der Waals surface area contributed by atoms with Crippen molar-refractivity contribution in [2.24, 2.45) is 0 Å². The smallest absolute Gasteiger partial charge is 0.243 e. The van der Waals surface area contributed by atoms with E-state index in [-0.39, 0.29) is 10.0 Å². The Bertz CT molecular complexity index is 517.